The predicted octanol–water partition coefficient (Wildman–Crippen LogP) is 1.09. The van der Waals surface area contributed by atoms with Crippen molar-refractivity contribution in [3.05, 3.63) is 0 Å². The SMILES string of the molecule is COC1C(O)CC1OC1CCCC1. The van der Waals surface area contributed by atoms with Crippen LogP contribution in [-0.4, -0.2) is 36.6 Å². The molecule has 0 saturated heterocycles. The first-order valence-corrected chi connectivity index (χ1v) is 5.17. The Morgan fingerprint density at radius 3 is 2.46 bits per heavy atom. The number of aliphatic hydroxyl groups excluding tert-OH is 1. The van der Waals surface area contributed by atoms with E-state index in [0.717, 1.165) is 6.42 Å². The minimum atomic E-state index is -0.309. The van der Waals surface area contributed by atoms with Crippen molar-refractivity contribution in [2.45, 2.75) is 56.5 Å². The lowest BCUT2D eigenvalue weighted by Gasteiger charge is -2.41. The molecule has 2 saturated carbocycles. The molecule has 2 fully saturated rings. The van der Waals surface area contributed by atoms with Gasteiger partial charge in [-0.3, -0.25) is 0 Å². The van der Waals surface area contributed by atoms with Crippen LogP contribution >= 0.6 is 0 Å². The van der Waals surface area contributed by atoms with Crippen LogP contribution in [0.4, 0.5) is 0 Å². The molecule has 2 aliphatic rings. The van der Waals surface area contributed by atoms with Gasteiger partial charge in [-0.1, -0.05) is 12.8 Å². The van der Waals surface area contributed by atoms with Crippen LogP contribution in [0, 0.1) is 0 Å². The highest BCUT2D eigenvalue weighted by molar-refractivity contribution is 4.92. The average Bonchev–Trinajstić information content (AvgIpc) is 2.56. The molecule has 3 atom stereocenters. The van der Waals surface area contributed by atoms with Crippen LogP contribution in [0.25, 0.3) is 0 Å². The van der Waals surface area contributed by atoms with E-state index in [-0.39, 0.29) is 18.3 Å². The standard InChI is InChI=1S/C10H18O3/c1-12-10-8(11)6-9(10)13-7-4-2-3-5-7/h7-11H,2-6H2,1H3. The molecule has 0 amide bonds. The Bertz CT molecular complexity index is 166. The van der Waals surface area contributed by atoms with E-state index in [0.29, 0.717) is 6.10 Å². The van der Waals surface area contributed by atoms with E-state index in [1.165, 1.54) is 25.7 Å². The van der Waals surface area contributed by atoms with Gasteiger partial charge in [-0.15, -0.1) is 0 Å². The molecule has 2 aliphatic carbocycles. The van der Waals surface area contributed by atoms with Crippen LogP contribution in [0.1, 0.15) is 32.1 Å². The van der Waals surface area contributed by atoms with E-state index >= 15 is 0 Å². The van der Waals surface area contributed by atoms with E-state index in [1.807, 2.05) is 0 Å². The van der Waals surface area contributed by atoms with Crippen LogP contribution in [0.15, 0.2) is 0 Å². The highest BCUT2D eigenvalue weighted by atomic mass is 16.6. The van der Waals surface area contributed by atoms with Crippen molar-refractivity contribution < 1.29 is 14.6 Å². The molecular weight excluding hydrogens is 168 g/mol. The number of ether oxygens (including phenoxy) is 2. The van der Waals surface area contributed by atoms with Gasteiger partial charge in [0.2, 0.25) is 0 Å². The van der Waals surface area contributed by atoms with Gasteiger partial charge < -0.3 is 14.6 Å². The van der Waals surface area contributed by atoms with Crippen LogP contribution in [-0.2, 0) is 9.47 Å². The third-order valence-corrected chi connectivity index (χ3v) is 3.16. The molecule has 0 aromatic heterocycles. The molecular formula is C10H18O3. The highest BCUT2D eigenvalue weighted by Gasteiger charge is 2.42. The number of hydrogen-bond donors (Lipinski definition) is 1. The highest BCUT2D eigenvalue weighted by Crippen LogP contribution is 2.31. The van der Waals surface area contributed by atoms with Crippen molar-refractivity contribution in [1.29, 1.82) is 0 Å². The monoisotopic (exact) mass is 186 g/mol. The van der Waals surface area contributed by atoms with Gasteiger partial charge in [-0.25, -0.2) is 0 Å². The lowest BCUT2D eigenvalue weighted by molar-refractivity contribution is -0.196. The fourth-order valence-corrected chi connectivity index (χ4v) is 2.27. The van der Waals surface area contributed by atoms with Crippen molar-refractivity contribution in [3.63, 3.8) is 0 Å². The normalized spacial score (nSPS) is 40.6. The number of aliphatic hydroxyl groups is 1. The Hall–Kier alpha value is -0.120. The van der Waals surface area contributed by atoms with Gasteiger partial charge in [-0.2, -0.15) is 0 Å². The Balaban J connectivity index is 1.75. The summed E-state index contributed by atoms with van der Waals surface area (Å²) in [6.07, 6.45) is 5.87. The van der Waals surface area contributed by atoms with E-state index in [1.54, 1.807) is 7.11 Å². The van der Waals surface area contributed by atoms with Gasteiger partial charge in [0.1, 0.15) is 6.10 Å². The molecule has 0 spiro atoms. The molecule has 2 rings (SSSR count). The largest absolute Gasteiger partial charge is 0.390 e. The third kappa shape index (κ3) is 1.87. The van der Waals surface area contributed by atoms with Crippen LogP contribution in [0.5, 0.6) is 0 Å². The summed E-state index contributed by atoms with van der Waals surface area (Å²) in [7, 11) is 1.64. The van der Waals surface area contributed by atoms with Crippen molar-refractivity contribution in [2.24, 2.45) is 0 Å². The molecule has 0 heterocycles. The maximum atomic E-state index is 9.35. The summed E-state index contributed by atoms with van der Waals surface area (Å²) in [6, 6.07) is 0. The Morgan fingerprint density at radius 2 is 1.92 bits per heavy atom. The second-order valence-electron chi connectivity index (χ2n) is 4.08. The molecule has 0 bridgehead atoms. The Labute approximate surface area is 79.0 Å². The van der Waals surface area contributed by atoms with Crippen molar-refractivity contribution in [1.82, 2.24) is 0 Å². The molecule has 0 radical (unpaired) electrons. The van der Waals surface area contributed by atoms with Gasteiger partial charge >= 0.3 is 0 Å². The van der Waals surface area contributed by atoms with Gasteiger partial charge in [0.15, 0.2) is 0 Å². The van der Waals surface area contributed by atoms with E-state index in [9.17, 15) is 5.11 Å². The lowest BCUT2D eigenvalue weighted by Crippen LogP contribution is -2.54. The Kier molecular flexibility index (Phi) is 2.86. The zero-order valence-corrected chi connectivity index (χ0v) is 8.11. The number of rotatable bonds is 3. The Morgan fingerprint density at radius 1 is 1.23 bits per heavy atom. The maximum absolute atomic E-state index is 9.35. The fourth-order valence-electron chi connectivity index (χ4n) is 2.27. The molecule has 0 aliphatic heterocycles. The third-order valence-electron chi connectivity index (χ3n) is 3.16. The summed E-state index contributed by atoms with van der Waals surface area (Å²) in [6.45, 7) is 0. The minimum absolute atomic E-state index is 0.0828. The molecule has 0 aromatic carbocycles. The summed E-state index contributed by atoms with van der Waals surface area (Å²) < 4.78 is 11.0. The van der Waals surface area contributed by atoms with Gasteiger partial charge in [-0.05, 0) is 12.8 Å². The summed E-state index contributed by atoms with van der Waals surface area (Å²) in [5.74, 6) is 0. The van der Waals surface area contributed by atoms with Crippen LogP contribution in [0.3, 0.4) is 0 Å². The van der Waals surface area contributed by atoms with Gasteiger partial charge in [0, 0.05) is 13.5 Å². The quantitative estimate of drug-likeness (QED) is 0.717. The summed E-state index contributed by atoms with van der Waals surface area (Å²) in [5.41, 5.74) is 0. The van der Waals surface area contributed by atoms with Gasteiger partial charge in [0.05, 0.1) is 18.3 Å². The van der Waals surface area contributed by atoms with Crippen molar-refractivity contribution in [2.75, 3.05) is 7.11 Å². The maximum Gasteiger partial charge on any atom is 0.109 e. The van der Waals surface area contributed by atoms with E-state index < -0.39 is 0 Å². The first-order valence-electron chi connectivity index (χ1n) is 5.17. The molecule has 76 valence electrons. The minimum Gasteiger partial charge on any atom is -0.390 e. The predicted molar refractivity (Wildman–Crippen MR) is 48.5 cm³/mol. The summed E-state index contributed by atoms with van der Waals surface area (Å²) >= 11 is 0. The smallest absolute Gasteiger partial charge is 0.109 e. The summed E-state index contributed by atoms with van der Waals surface area (Å²) in [5, 5.41) is 9.35. The topological polar surface area (TPSA) is 38.7 Å². The molecule has 13 heavy (non-hydrogen) atoms. The van der Waals surface area contributed by atoms with E-state index in [2.05, 4.69) is 0 Å². The average molecular weight is 186 g/mol. The molecule has 0 aromatic rings. The van der Waals surface area contributed by atoms with Gasteiger partial charge in [0.25, 0.3) is 0 Å². The van der Waals surface area contributed by atoms with Crippen molar-refractivity contribution >= 4 is 0 Å². The fraction of sp³-hybridized carbons (Fsp3) is 1.00. The zero-order chi connectivity index (χ0) is 9.26. The first kappa shape index (κ1) is 9.44. The van der Waals surface area contributed by atoms with E-state index in [4.69, 9.17) is 9.47 Å². The zero-order valence-electron chi connectivity index (χ0n) is 8.11. The van der Waals surface area contributed by atoms with Crippen LogP contribution in [0.2, 0.25) is 0 Å². The lowest BCUT2D eigenvalue weighted by atomic mass is 9.88. The summed E-state index contributed by atoms with van der Waals surface area (Å²) in [4.78, 5) is 0. The van der Waals surface area contributed by atoms with Crippen LogP contribution < -0.4 is 0 Å². The molecule has 3 heteroatoms. The molecule has 1 N–H and O–H groups in total. The molecule has 3 nitrogen and oxygen atoms in total. The number of methoxy groups -OCH3 is 1. The second-order valence-corrected chi connectivity index (χ2v) is 4.08. The number of hydrogen-bond acceptors (Lipinski definition) is 3. The van der Waals surface area contributed by atoms with Crippen molar-refractivity contribution in [3.8, 4) is 0 Å². The molecule has 3 unspecified atom stereocenters. The first-order chi connectivity index (χ1) is 6.31. The second kappa shape index (κ2) is 3.95.